The van der Waals surface area contributed by atoms with Crippen LogP contribution >= 0.6 is 11.9 Å². The maximum absolute atomic E-state index is 11.5. The number of carboxylic acids is 1. The van der Waals surface area contributed by atoms with Crippen molar-refractivity contribution in [2.75, 3.05) is 4.72 Å². The Bertz CT molecular complexity index is 1140. The summed E-state index contributed by atoms with van der Waals surface area (Å²) in [6, 6.07) is 26.9. The van der Waals surface area contributed by atoms with Crippen molar-refractivity contribution >= 4 is 34.4 Å². The van der Waals surface area contributed by atoms with Gasteiger partial charge in [0.15, 0.2) is 0 Å². The van der Waals surface area contributed by atoms with E-state index in [2.05, 4.69) is 16.9 Å². The van der Waals surface area contributed by atoms with E-state index in [4.69, 9.17) is 0 Å². The molecule has 0 saturated carbocycles. The van der Waals surface area contributed by atoms with Crippen molar-refractivity contribution in [2.24, 2.45) is 0 Å². The molecule has 3 N–H and O–H groups in total. The number of carboxylic acid groups (broad SMARTS) is 1. The molecule has 4 nitrogen and oxygen atoms in total. The molecule has 4 aromatic carbocycles. The molecule has 0 fully saturated rings. The molecule has 0 amide bonds. The minimum atomic E-state index is -1.16. The summed E-state index contributed by atoms with van der Waals surface area (Å²) in [7, 11) is 0. The van der Waals surface area contributed by atoms with Crippen molar-refractivity contribution in [3.63, 3.8) is 0 Å². The van der Waals surface area contributed by atoms with Gasteiger partial charge in [-0.05, 0) is 41.3 Å². The molecule has 0 aliphatic carbocycles. The standard InChI is InChI=1S/C23H17NO3S/c25-22-19-9-5-4-8-18(19)21(14-20(22)23(26)27)28-24-17-12-10-16(11-13-17)15-6-2-1-3-7-15/h1-14,24-25H,(H,26,27). The molecule has 5 heteroatoms. The first-order valence-electron chi connectivity index (χ1n) is 8.70. The predicted molar refractivity (Wildman–Crippen MR) is 114 cm³/mol. The topological polar surface area (TPSA) is 69.6 Å². The Balaban J connectivity index is 1.61. The zero-order valence-corrected chi connectivity index (χ0v) is 15.6. The lowest BCUT2D eigenvalue weighted by molar-refractivity contribution is 0.0694. The van der Waals surface area contributed by atoms with Crippen molar-refractivity contribution in [2.45, 2.75) is 4.90 Å². The lowest BCUT2D eigenvalue weighted by Crippen LogP contribution is -1.99. The van der Waals surface area contributed by atoms with Crippen LogP contribution in [0.5, 0.6) is 5.75 Å². The minimum Gasteiger partial charge on any atom is -0.506 e. The van der Waals surface area contributed by atoms with Crippen molar-refractivity contribution in [1.82, 2.24) is 0 Å². The van der Waals surface area contributed by atoms with Gasteiger partial charge in [-0.1, -0.05) is 66.7 Å². The van der Waals surface area contributed by atoms with E-state index in [0.29, 0.717) is 5.39 Å². The summed E-state index contributed by atoms with van der Waals surface area (Å²) >= 11 is 1.32. The second kappa shape index (κ2) is 7.66. The molecule has 28 heavy (non-hydrogen) atoms. The quantitative estimate of drug-likeness (QED) is 0.365. The Morgan fingerprint density at radius 1 is 0.786 bits per heavy atom. The van der Waals surface area contributed by atoms with Crippen molar-refractivity contribution < 1.29 is 15.0 Å². The van der Waals surface area contributed by atoms with E-state index in [1.54, 1.807) is 12.1 Å². The van der Waals surface area contributed by atoms with Gasteiger partial charge in [0.2, 0.25) is 0 Å². The summed E-state index contributed by atoms with van der Waals surface area (Å²) in [4.78, 5) is 12.2. The Hall–Kier alpha value is -3.44. The summed E-state index contributed by atoms with van der Waals surface area (Å²) in [5.74, 6) is -1.36. The highest BCUT2D eigenvalue weighted by molar-refractivity contribution is 8.00. The Labute approximate surface area is 166 Å². The zero-order valence-electron chi connectivity index (χ0n) is 14.8. The fourth-order valence-corrected chi connectivity index (χ4v) is 3.88. The van der Waals surface area contributed by atoms with Gasteiger partial charge in [-0.25, -0.2) is 4.79 Å². The lowest BCUT2D eigenvalue weighted by atomic mass is 10.1. The molecule has 138 valence electrons. The number of phenols is 1. The van der Waals surface area contributed by atoms with E-state index in [1.165, 1.54) is 18.0 Å². The number of nitrogens with one attached hydrogen (secondary N) is 1. The number of rotatable bonds is 5. The predicted octanol–water partition coefficient (Wildman–Crippen LogP) is 6.03. The third kappa shape index (κ3) is 3.52. The molecule has 0 spiro atoms. The molecule has 0 heterocycles. The average Bonchev–Trinajstić information content (AvgIpc) is 2.74. The van der Waals surface area contributed by atoms with Crippen LogP contribution in [0, 0.1) is 0 Å². The smallest absolute Gasteiger partial charge is 0.339 e. The number of hydrogen-bond acceptors (Lipinski definition) is 4. The SMILES string of the molecule is O=C(O)c1cc(SNc2ccc(-c3ccccc3)cc2)c2ccccc2c1O. The molecule has 4 aromatic rings. The maximum Gasteiger partial charge on any atom is 0.339 e. The maximum atomic E-state index is 11.5. The molecule has 0 aliphatic rings. The van der Waals surface area contributed by atoms with E-state index in [-0.39, 0.29) is 11.3 Å². The fourth-order valence-electron chi connectivity index (χ4n) is 3.05. The van der Waals surface area contributed by atoms with Gasteiger partial charge in [-0.2, -0.15) is 0 Å². The van der Waals surface area contributed by atoms with E-state index in [0.717, 1.165) is 27.1 Å². The third-order valence-corrected chi connectivity index (χ3v) is 5.37. The van der Waals surface area contributed by atoms with E-state index in [1.807, 2.05) is 54.6 Å². The van der Waals surface area contributed by atoms with Crippen molar-refractivity contribution in [3.8, 4) is 16.9 Å². The molecule has 0 atom stereocenters. The highest BCUT2D eigenvalue weighted by Gasteiger charge is 2.16. The summed E-state index contributed by atoms with van der Waals surface area (Å²) < 4.78 is 3.26. The molecular formula is C23H17NO3S. The number of aromatic hydroxyl groups is 1. The van der Waals surface area contributed by atoms with Crippen LogP contribution in [0.4, 0.5) is 5.69 Å². The summed E-state index contributed by atoms with van der Waals surface area (Å²) in [5.41, 5.74) is 3.07. The summed E-state index contributed by atoms with van der Waals surface area (Å²) in [6.07, 6.45) is 0. The largest absolute Gasteiger partial charge is 0.506 e. The number of fused-ring (bicyclic) bond motifs is 1. The van der Waals surface area contributed by atoms with Gasteiger partial charge in [0, 0.05) is 21.4 Å². The average molecular weight is 387 g/mol. The van der Waals surface area contributed by atoms with Crippen LogP contribution in [0.25, 0.3) is 21.9 Å². The monoisotopic (exact) mass is 387 g/mol. The third-order valence-electron chi connectivity index (χ3n) is 4.48. The van der Waals surface area contributed by atoms with Gasteiger partial charge in [0.25, 0.3) is 0 Å². The number of benzene rings is 4. The molecule has 4 rings (SSSR count). The Morgan fingerprint density at radius 2 is 1.39 bits per heavy atom. The zero-order chi connectivity index (χ0) is 19.5. The molecule has 0 bridgehead atoms. The molecule has 0 saturated heterocycles. The molecule has 0 aromatic heterocycles. The van der Waals surface area contributed by atoms with Crippen molar-refractivity contribution in [1.29, 1.82) is 0 Å². The van der Waals surface area contributed by atoms with Crippen LogP contribution in [0.1, 0.15) is 10.4 Å². The van der Waals surface area contributed by atoms with Crippen LogP contribution in [-0.2, 0) is 0 Å². The van der Waals surface area contributed by atoms with Crippen LogP contribution in [0.2, 0.25) is 0 Å². The number of carbonyl (C=O) groups is 1. The van der Waals surface area contributed by atoms with Crippen molar-refractivity contribution in [3.05, 3.63) is 90.5 Å². The van der Waals surface area contributed by atoms with Gasteiger partial charge in [0.1, 0.15) is 11.3 Å². The van der Waals surface area contributed by atoms with Crippen LogP contribution < -0.4 is 4.72 Å². The number of aromatic carboxylic acids is 1. The fraction of sp³-hybridized carbons (Fsp3) is 0. The van der Waals surface area contributed by atoms with E-state index in [9.17, 15) is 15.0 Å². The molecule has 0 aliphatic heterocycles. The Kier molecular flexibility index (Phi) is 4.91. The first-order chi connectivity index (χ1) is 13.6. The van der Waals surface area contributed by atoms with Crippen LogP contribution in [0.15, 0.2) is 89.8 Å². The van der Waals surface area contributed by atoms with Gasteiger partial charge in [-0.15, -0.1) is 0 Å². The van der Waals surface area contributed by atoms with Crippen LogP contribution in [-0.4, -0.2) is 16.2 Å². The number of anilines is 1. The van der Waals surface area contributed by atoms with Gasteiger partial charge in [0.05, 0.1) is 0 Å². The van der Waals surface area contributed by atoms with Gasteiger partial charge < -0.3 is 14.9 Å². The van der Waals surface area contributed by atoms with E-state index >= 15 is 0 Å². The first kappa shape index (κ1) is 17.9. The molecule has 0 radical (unpaired) electrons. The highest BCUT2D eigenvalue weighted by atomic mass is 32.2. The summed E-state index contributed by atoms with van der Waals surface area (Å²) in [5, 5.41) is 21.0. The Morgan fingerprint density at radius 3 is 2.07 bits per heavy atom. The minimum absolute atomic E-state index is 0.109. The second-order valence-electron chi connectivity index (χ2n) is 6.27. The molecular weight excluding hydrogens is 370 g/mol. The normalized spacial score (nSPS) is 10.7. The number of hydrogen-bond donors (Lipinski definition) is 3. The lowest BCUT2D eigenvalue weighted by Gasteiger charge is -2.12. The van der Waals surface area contributed by atoms with Gasteiger partial charge in [-0.3, -0.25) is 0 Å². The van der Waals surface area contributed by atoms with Crippen LogP contribution in [0.3, 0.4) is 0 Å². The second-order valence-corrected chi connectivity index (χ2v) is 7.12. The van der Waals surface area contributed by atoms with E-state index < -0.39 is 5.97 Å². The highest BCUT2D eigenvalue weighted by Crippen LogP contribution is 2.37. The molecule has 0 unspecified atom stereocenters. The first-order valence-corrected chi connectivity index (χ1v) is 9.51. The van der Waals surface area contributed by atoms with Gasteiger partial charge >= 0.3 is 5.97 Å². The summed E-state index contributed by atoms with van der Waals surface area (Å²) in [6.45, 7) is 0.